The van der Waals surface area contributed by atoms with Crippen molar-refractivity contribution in [3.05, 3.63) is 41.6 Å². The first-order chi connectivity index (χ1) is 12.4. The molecule has 0 saturated heterocycles. The number of carbonyl (C=O) groups excluding carboxylic acids is 2. The van der Waals surface area contributed by atoms with E-state index in [1.54, 1.807) is 20.8 Å². The quantitative estimate of drug-likeness (QED) is 0.782. The molecule has 1 unspecified atom stereocenters. The monoisotopic (exact) mass is 387 g/mol. The summed E-state index contributed by atoms with van der Waals surface area (Å²) in [6.07, 6.45) is -2.93. The number of hydrogen-bond acceptors (Lipinski definition) is 6. The largest absolute Gasteiger partial charge is 0.573 e. The van der Waals surface area contributed by atoms with Crippen LogP contribution in [0.5, 0.6) is 5.75 Å². The molecule has 1 aromatic carbocycles. The van der Waals surface area contributed by atoms with Crippen LogP contribution >= 0.6 is 0 Å². The first-order valence-electron chi connectivity index (χ1n) is 8.14. The summed E-state index contributed by atoms with van der Waals surface area (Å²) >= 11 is 0. The van der Waals surface area contributed by atoms with E-state index in [-0.39, 0.29) is 18.1 Å². The summed E-state index contributed by atoms with van der Waals surface area (Å²) in [6, 6.07) is 4.30. The molecular weight excluding hydrogens is 367 g/mol. The summed E-state index contributed by atoms with van der Waals surface area (Å²) in [7, 11) is 0. The van der Waals surface area contributed by atoms with Gasteiger partial charge in [-0.2, -0.15) is 0 Å². The van der Waals surface area contributed by atoms with Gasteiger partial charge in [0.05, 0.1) is 0 Å². The van der Waals surface area contributed by atoms with Gasteiger partial charge in [0.1, 0.15) is 29.7 Å². The van der Waals surface area contributed by atoms with Crippen LogP contribution in [-0.4, -0.2) is 29.9 Å². The van der Waals surface area contributed by atoms with Crippen molar-refractivity contribution in [2.45, 2.75) is 51.8 Å². The molecule has 0 radical (unpaired) electrons. The average molecular weight is 387 g/mol. The zero-order chi connectivity index (χ0) is 20.2. The maximum Gasteiger partial charge on any atom is 0.573 e. The molecule has 148 valence electrons. The molecule has 1 atom stereocenters. The third-order valence-corrected chi connectivity index (χ3v) is 3.33. The van der Waals surface area contributed by atoms with Gasteiger partial charge in [-0.3, -0.25) is 0 Å². The van der Waals surface area contributed by atoms with Crippen molar-refractivity contribution in [3.8, 4) is 5.75 Å². The molecule has 0 aromatic heterocycles. The predicted molar refractivity (Wildman–Crippen MR) is 88.4 cm³/mol. The van der Waals surface area contributed by atoms with E-state index in [1.165, 1.54) is 18.2 Å². The molecule has 0 saturated carbocycles. The van der Waals surface area contributed by atoms with E-state index >= 15 is 0 Å². The highest BCUT2D eigenvalue weighted by atomic mass is 19.4. The molecule has 0 spiro atoms. The minimum absolute atomic E-state index is 0.138. The number of rotatable bonds is 5. The summed E-state index contributed by atoms with van der Waals surface area (Å²) < 4.78 is 50.4. The molecule has 0 fully saturated rings. The van der Waals surface area contributed by atoms with Crippen molar-refractivity contribution in [1.29, 1.82) is 0 Å². The Morgan fingerprint density at radius 3 is 2.33 bits per heavy atom. The number of benzene rings is 1. The molecule has 2 rings (SSSR count). The average Bonchev–Trinajstić information content (AvgIpc) is 3.01. The highest BCUT2D eigenvalue weighted by Crippen LogP contribution is 2.23. The number of ether oxygens (including phenoxy) is 3. The van der Waals surface area contributed by atoms with Crippen LogP contribution in [-0.2, 0) is 25.7 Å². The van der Waals surface area contributed by atoms with E-state index in [4.69, 9.17) is 9.47 Å². The minimum Gasteiger partial charge on any atom is -0.458 e. The van der Waals surface area contributed by atoms with Crippen molar-refractivity contribution >= 4 is 11.9 Å². The van der Waals surface area contributed by atoms with Gasteiger partial charge in [0.15, 0.2) is 0 Å². The summed E-state index contributed by atoms with van der Waals surface area (Å²) in [4.78, 5) is 24.0. The van der Waals surface area contributed by atoms with Crippen LogP contribution in [0.1, 0.15) is 32.8 Å². The van der Waals surface area contributed by atoms with Crippen LogP contribution in [0, 0.1) is 0 Å². The SMILES string of the molecule is CC(C)(C)OC(=O)C1CC=C(C(=O)OCc2ccc(OC(F)(F)F)cc2)N1. The Balaban J connectivity index is 1.82. The van der Waals surface area contributed by atoms with Gasteiger partial charge in [-0.05, 0) is 44.9 Å². The Bertz CT molecular complexity index is 720. The smallest absolute Gasteiger partial charge is 0.458 e. The Morgan fingerprint density at radius 2 is 1.78 bits per heavy atom. The van der Waals surface area contributed by atoms with E-state index < -0.39 is 29.9 Å². The van der Waals surface area contributed by atoms with Crippen LogP contribution in [0.25, 0.3) is 0 Å². The zero-order valence-corrected chi connectivity index (χ0v) is 15.1. The maximum atomic E-state index is 12.1. The molecule has 27 heavy (non-hydrogen) atoms. The second-order valence-electron chi connectivity index (χ2n) is 6.85. The van der Waals surface area contributed by atoms with Gasteiger partial charge < -0.3 is 19.5 Å². The van der Waals surface area contributed by atoms with Gasteiger partial charge in [-0.1, -0.05) is 18.2 Å². The number of esters is 2. The summed E-state index contributed by atoms with van der Waals surface area (Å²) in [5, 5.41) is 2.75. The molecule has 1 N–H and O–H groups in total. The van der Waals surface area contributed by atoms with Crippen LogP contribution in [0.2, 0.25) is 0 Å². The standard InChI is InChI=1S/C18H20F3NO5/c1-17(2,3)27-16(24)14-9-8-13(22-14)15(23)25-10-11-4-6-12(7-5-11)26-18(19,20)21/h4-8,14,22H,9-10H2,1-3H3. The molecule has 1 aliphatic heterocycles. The van der Waals surface area contributed by atoms with Gasteiger partial charge in [-0.25, -0.2) is 9.59 Å². The predicted octanol–water partition coefficient (Wildman–Crippen LogP) is 3.22. The van der Waals surface area contributed by atoms with Crippen molar-refractivity contribution in [1.82, 2.24) is 5.32 Å². The fourth-order valence-electron chi connectivity index (χ4n) is 2.23. The molecule has 1 aromatic rings. The van der Waals surface area contributed by atoms with Crippen molar-refractivity contribution < 1.29 is 37.0 Å². The van der Waals surface area contributed by atoms with Gasteiger partial charge in [-0.15, -0.1) is 13.2 Å². The minimum atomic E-state index is -4.76. The number of alkyl halides is 3. The first-order valence-corrected chi connectivity index (χ1v) is 8.14. The van der Waals surface area contributed by atoms with E-state index in [0.717, 1.165) is 12.1 Å². The summed E-state index contributed by atoms with van der Waals surface area (Å²) in [5.41, 5.74) is -0.00708. The summed E-state index contributed by atoms with van der Waals surface area (Å²) in [5.74, 6) is -1.50. The highest BCUT2D eigenvalue weighted by Gasteiger charge is 2.32. The summed E-state index contributed by atoms with van der Waals surface area (Å²) in [6.45, 7) is 5.09. The van der Waals surface area contributed by atoms with Gasteiger partial charge >= 0.3 is 18.3 Å². The molecule has 1 aliphatic rings. The number of nitrogens with one attached hydrogen (secondary N) is 1. The first kappa shape index (κ1) is 20.6. The normalized spacial score (nSPS) is 17.0. The van der Waals surface area contributed by atoms with Gasteiger partial charge in [0.2, 0.25) is 0 Å². The van der Waals surface area contributed by atoms with Gasteiger partial charge in [0, 0.05) is 0 Å². The molecule has 9 heteroatoms. The lowest BCUT2D eigenvalue weighted by Crippen LogP contribution is -2.39. The number of hydrogen-bond donors (Lipinski definition) is 1. The zero-order valence-electron chi connectivity index (χ0n) is 15.1. The van der Waals surface area contributed by atoms with Crippen LogP contribution in [0.4, 0.5) is 13.2 Å². The molecule has 0 bridgehead atoms. The lowest BCUT2D eigenvalue weighted by molar-refractivity contribution is -0.274. The lowest BCUT2D eigenvalue weighted by atomic mass is 10.2. The molecule has 0 amide bonds. The van der Waals surface area contributed by atoms with Crippen LogP contribution in [0.3, 0.4) is 0 Å². The molecule has 0 aliphatic carbocycles. The molecular formula is C18H20F3NO5. The Labute approximate surface area is 154 Å². The Hall–Kier alpha value is -2.71. The topological polar surface area (TPSA) is 73.9 Å². The fraction of sp³-hybridized carbons (Fsp3) is 0.444. The second kappa shape index (κ2) is 7.89. The number of carbonyl (C=O) groups is 2. The fourth-order valence-corrected chi connectivity index (χ4v) is 2.23. The molecule has 1 heterocycles. The maximum absolute atomic E-state index is 12.1. The second-order valence-corrected chi connectivity index (χ2v) is 6.85. The van der Waals surface area contributed by atoms with Crippen LogP contribution < -0.4 is 10.1 Å². The van der Waals surface area contributed by atoms with Crippen molar-refractivity contribution in [3.63, 3.8) is 0 Å². The van der Waals surface area contributed by atoms with Gasteiger partial charge in [0.25, 0.3) is 0 Å². The van der Waals surface area contributed by atoms with Crippen LogP contribution in [0.15, 0.2) is 36.0 Å². The number of halogens is 3. The third kappa shape index (κ3) is 6.84. The van der Waals surface area contributed by atoms with E-state index in [0.29, 0.717) is 12.0 Å². The Morgan fingerprint density at radius 1 is 1.15 bits per heavy atom. The van der Waals surface area contributed by atoms with E-state index in [2.05, 4.69) is 10.1 Å². The van der Waals surface area contributed by atoms with E-state index in [1.807, 2.05) is 0 Å². The Kier molecular flexibility index (Phi) is 6.02. The lowest BCUT2D eigenvalue weighted by Gasteiger charge is -2.22. The molecule has 6 nitrogen and oxygen atoms in total. The highest BCUT2D eigenvalue weighted by molar-refractivity contribution is 5.90. The van der Waals surface area contributed by atoms with Crippen molar-refractivity contribution in [2.75, 3.05) is 0 Å². The third-order valence-electron chi connectivity index (χ3n) is 3.33. The van der Waals surface area contributed by atoms with E-state index in [9.17, 15) is 22.8 Å². The van der Waals surface area contributed by atoms with Crippen molar-refractivity contribution in [2.24, 2.45) is 0 Å².